The standard InChI is InChI=1S/C27H31N5O/c1-16-7-11-23(31-30-16)29-24(33)12-10-21-22-15-28-32-26(22)27(2)14-13-19-18-6-4-3-5-17(18)8-9-20(19)25(21)27/h3-7,11,15,19-21,25H,8-10,12-14H2,1-2H3,(H,28,32)(H,29,31,33)/t19?,20?,21-,25?,27+/m1/s1. The van der Waals surface area contributed by atoms with Gasteiger partial charge in [0.15, 0.2) is 5.82 Å². The molecular weight excluding hydrogens is 410 g/mol. The van der Waals surface area contributed by atoms with Crippen molar-refractivity contribution in [2.45, 2.75) is 69.6 Å². The topological polar surface area (TPSA) is 83.6 Å². The van der Waals surface area contributed by atoms with E-state index in [1.807, 2.05) is 19.1 Å². The second-order valence-electron chi connectivity index (χ2n) is 10.4. The van der Waals surface area contributed by atoms with Crippen LogP contribution in [0.4, 0.5) is 5.82 Å². The molecule has 1 saturated carbocycles. The Hall–Kier alpha value is -3.02. The number of fused-ring (bicyclic) bond motifs is 7. The first-order chi connectivity index (χ1) is 16.0. The van der Waals surface area contributed by atoms with Gasteiger partial charge in [-0.3, -0.25) is 9.89 Å². The van der Waals surface area contributed by atoms with E-state index in [4.69, 9.17) is 5.10 Å². The first kappa shape index (κ1) is 20.6. The molecule has 2 aromatic heterocycles. The third-order valence-electron chi connectivity index (χ3n) is 8.68. The molecule has 6 rings (SSSR count). The van der Waals surface area contributed by atoms with Crippen LogP contribution >= 0.6 is 0 Å². The lowest BCUT2D eigenvalue weighted by atomic mass is 9.53. The van der Waals surface area contributed by atoms with Crippen LogP contribution in [0.5, 0.6) is 0 Å². The predicted molar refractivity (Wildman–Crippen MR) is 127 cm³/mol. The Kier molecular flexibility index (Phi) is 4.86. The number of aryl methyl sites for hydroxylation is 2. The van der Waals surface area contributed by atoms with Gasteiger partial charge in [-0.05, 0) is 91.5 Å². The maximum atomic E-state index is 12.8. The number of amides is 1. The van der Waals surface area contributed by atoms with Gasteiger partial charge >= 0.3 is 0 Å². The number of nitrogens with zero attached hydrogens (tertiary/aromatic N) is 3. The maximum Gasteiger partial charge on any atom is 0.225 e. The van der Waals surface area contributed by atoms with E-state index >= 15 is 0 Å². The Bertz CT molecular complexity index is 1190. The molecule has 0 aliphatic heterocycles. The summed E-state index contributed by atoms with van der Waals surface area (Å²) in [6, 6.07) is 12.7. The van der Waals surface area contributed by atoms with E-state index in [2.05, 4.69) is 58.0 Å². The number of rotatable bonds is 4. The van der Waals surface area contributed by atoms with Crippen LogP contribution in [0.25, 0.3) is 0 Å². The van der Waals surface area contributed by atoms with Gasteiger partial charge in [0.25, 0.3) is 0 Å². The van der Waals surface area contributed by atoms with E-state index in [-0.39, 0.29) is 11.3 Å². The van der Waals surface area contributed by atoms with E-state index in [1.165, 1.54) is 29.7 Å². The van der Waals surface area contributed by atoms with Crippen molar-refractivity contribution >= 4 is 11.7 Å². The van der Waals surface area contributed by atoms with Crippen molar-refractivity contribution in [3.63, 3.8) is 0 Å². The number of benzene rings is 1. The van der Waals surface area contributed by atoms with Crippen LogP contribution in [0.1, 0.15) is 78.9 Å². The number of carbonyl (C=O) groups excluding carboxylic acids is 1. The fourth-order valence-corrected chi connectivity index (χ4v) is 7.32. The summed E-state index contributed by atoms with van der Waals surface area (Å²) in [4.78, 5) is 12.8. The maximum absolute atomic E-state index is 12.8. The largest absolute Gasteiger partial charge is 0.309 e. The number of anilines is 1. The zero-order chi connectivity index (χ0) is 22.6. The van der Waals surface area contributed by atoms with Crippen LogP contribution in [0, 0.1) is 18.8 Å². The highest BCUT2D eigenvalue weighted by atomic mass is 16.1. The van der Waals surface area contributed by atoms with Crippen LogP contribution < -0.4 is 5.32 Å². The Morgan fingerprint density at radius 2 is 2.03 bits per heavy atom. The van der Waals surface area contributed by atoms with E-state index < -0.39 is 0 Å². The normalized spacial score (nSPS) is 29.5. The van der Waals surface area contributed by atoms with E-state index in [1.54, 1.807) is 5.56 Å². The number of hydrogen-bond donors (Lipinski definition) is 2. The highest BCUT2D eigenvalue weighted by Crippen LogP contribution is 2.64. The molecule has 2 N–H and O–H groups in total. The Balaban J connectivity index is 1.26. The first-order valence-corrected chi connectivity index (χ1v) is 12.3. The van der Waals surface area contributed by atoms with E-state index in [0.29, 0.717) is 35.9 Å². The van der Waals surface area contributed by atoms with E-state index in [9.17, 15) is 4.79 Å². The molecule has 5 atom stereocenters. The molecule has 3 aromatic rings. The molecule has 2 heterocycles. The van der Waals surface area contributed by atoms with Crippen LogP contribution in [-0.2, 0) is 16.6 Å². The summed E-state index contributed by atoms with van der Waals surface area (Å²) in [5, 5.41) is 18.9. The summed E-state index contributed by atoms with van der Waals surface area (Å²) in [6.45, 7) is 4.31. The number of H-pyrrole nitrogens is 1. The molecule has 6 heteroatoms. The minimum Gasteiger partial charge on any atom is -0.309 e. The molecule has 3 aliphatic rings. The highest BCUT2D eigenvalue weighted by molar-refractivity contribution is 5.89. The minimum atomic E-state index is 0.00755. The van der Waals surface area contributed by atoms with Gasteiger partial charge in [0.2, 0.25) is 5.91 Å². The van der Waals surface area contributed by atoms with Gasteiger partial charge in [0.1, 0.15) is 0 Å². The Labute approximate surface area is 194 Å². The molecule has 1 aromatic carbocycles. The highest BCUT2D eigenvalue weighted by Gasteiger charge is 2.58. The van der Waals surface area contributed by atoms with Gasteiger partial charge in [0.05, 0.1) is 11.4 Å². The molecule has 6 nitrogen and oxygen atoms in total. The molecule has 1 amide bonds. The summed E-state index contributed by atoms with van der Waals surface area (Å²) in [5.41, 5.74) is 6.62. The van der Waals surface area contributed by atoms with Gasteiger partial charge in [-0.15, -0.1) is 5.10 Å². The second-order valence-corrected chi connectivity index (χ2v) is 10.4. The third-order valence-corrected chi connectivity index (χ3v) is 8.68. The van der Waals surface area contributed by atoms with Crippen molar-refractivity contribution < 1.29 is 4.79 Å². The number of carbonyl (C=O) groups is 1. The quantitative estimate of drug-likeness (QED) is 0.594. The van der Waals surface area contributed by atoms with Crippen molar-refractivity contribution in [1.29, 1.82) is 0 Å². The smallest absolute Gasteiger partial charge is 0.225 e. The van der Waals surface area contributed by atoms with Crippen molar-refractivity contribution in [3.05, 3.63) is 70.7 Å². The van der Waals surface area contributed by atoms with Gasteiger partial charge < -0.3 is 5.32 Å². The molecule has 0 spiro atoms. The van der Waals surface area contributed by atoms with Crippen LogP contribution in [0.3, 0.4) is 0 Å². The van der Waals surface area contributed by atoms with Gasteiger partial charge in [-0.25, -0.2) is 0 Å². The van der Waals surface area contributed by atoms with Gasteiger partial charge in [-0.1, -0.05) is 31.2 Å². The average Bonchev–Trinajstić information content (AvgIpc) is 3.40. The molecule has 33 heavy (non-hydrogen) atoms. The fraction of sp³-hybridized carbons (Fsp3) is 0.481. The predicted octanol–water partition coefficient (Wildman–Crippen LogP) is 5.04. The van der Waals surface area contributed by atoms with Gasteiger partial charge in [-0.2, -0.15) is 10.2 Å². The molecule has 0 radical (unpaired) electrons. The molecule has 170 valence electrons. The van der Waals surface area contributed by atoms with Crippen LogP contribution in [0.15, 0.2) is 42.6 Å². The number of hydrogen-bond acceptors (Lipinski definition) is 4. The van der Waals surface area contributed by atoms with Crippen molar-refractivity contribution in [2.24, 2.45) is 11.8 Å². The Morgan fingerprint density at radius 1 is 1.15 bits per heavy atom. The summed E-state index contributed by atoms with van der Waals surface area (Å²) in [6.07, 6.45) is 8.18. The van der Waals surface area contributed by atoms with Crippen molar-refractivity contribution in [3.8, 4) is 0 Å². The monoisotopic (exact) mass is 441 g/mol. The minimum absolute atomic E-state index is 0.00755. The van der Waals surface area contributed by atoms with Gasteiger partial charge in [0, 0.05) is 18.0 Å². The molecule has 3 unspecified atom stereocenters. The fourth-order valence-electron chi connectivity index (χ4n) is 7.32. The lowest BCUT2D eigenvalue weighted by Gasteiger charge is -2.50. The molecular formula is C27H31N5O. The second kappa shape index (κ2) is 7.79. The number of aromatic nitrogens is 4. The van der Waals surface area contributed by atoms with E-state index in [0.717, 1.165) is 25.0 Å². The molecule has 0 bridgehead atoms. The SMILES string of the molecule is Cc1ccc(NC(=O)CC[C@@H]2c3c[nH]nc3[C@@]3(C)CCC4c5ccccc5CCC4C23)nn1. The van der Waals surface area contributed by atoms with Crippen LogP contribution in [0.2, 0.25) is 0 Å². The number of aromatic amines is 1. The lowest BCUT2D eigenvalue weighted by molar-refractivity contribution is -0.116. The third kappa shape index (κ3) is 3.30. The van der Waals surface area contributed by atoms with Crippen molar-refractivity contribution in [2.75, 3.05) is 5.32 Å². The zero-order valence-electron chi connectivity index (χ0n) is 19.3. The molecule has 3 aliphatic carbocycles. The lowest BCUT2D eigenvalue weighted by Crippen LogP contribution is -2.44. The van der Waals surface area contributed by atoms with Crippen LogP contribution in [-0.4, -0.2) is 26.3 Å². The summed E-state index contributed by atoms with van der Waals surface area (Å²) in [5.74, 6) is 2.69. The average molecular weight is 442 g/mol. The first-order valence-electron chi connectivity index (χ1n) is 12.3. The molecule has 0 saturated heterocycles. The summed E-state index contributed by atoms with van der Waals surface area (Å²) >= 11 is 0. The summed E-state index contributed by atoms with van der Waals surface area (Å²) < 4.78 is 0. The zero-order valence-corrected chi connectivity index (χ0v) is 19.3. The summed E-state index contributed by atoms with van der Waals surface area (Å²) in [7, 11) is 0. The van der Waals surface area contributed by atoms with Crippen molar-refractivity contribution in [1.82, 2.24) is 20.4 Å². The number of nitrogens with one attached hydrogen (secondary N) is 2. The molecule has 1 fully saturated rings. The Morgan fingerprint density at radius 3 is 2.88 bits per heavy atom.